The van der Waals surface area contributed by atoms with Gasteiger partial charge in [0.05, 0.1) is 6.42 Å². The number of carbonyl (C=O) groups is 1. The third kappa shape index (κ3) is 2.82. The maximum absolute atomic E-state index is 11.3. The van der Waals surface area contributed by atoms with Crippen molar-refractivity contribution >= 4 is 40.1 Å². The Balaban J connectivity index is 2.18. The Labute approximate surface area is 137 Å². The number of benzene rings is 2. The fourth-order valence-electron chi connectivity index (χ4n) is 2.72. The first-order valence-electron chi connectivity index (χ1n) is 6.79. The molecule has 3 rings (SSSR count). The van der Waals surface area contributed by atoms with Crippen LogP contribution in [0, 0.1) is 0 Å². The largest absolute Gasteiger partial charge is 0.481 e. The lowest BCUT2D eigenvalue weighted by atomic mass is 9.88. The Morgan fingerprint density at radius 2 is 1.91 bits per heavy atom. The molecule has 1 heterocycles. The summed E-state index contributed by atoms with van der Waals surface area (Å²) >= 11 is 12.4. The van der Waals surface area contributed by atoms with Gasteiger partial charge in [0.25, 0.3) is 0 Å². The van der Waals surface area contributed by atoms with Gasteiger partial charge in [0.15, 0.2) is 0 Å². The van der Waals surface area contributed by atoms with Gasteiger partial charge in [-0.1, -0.05) is 41.4 Å². The van der Waals surface area contributed by atoms with Crippen LogP contribution in [0.2, 0.25) is 10.0 Å². The van der Waals surface area contributed by atoms with E-state index in [-0.39, 0.29) is 12.3 Å². The zero-order valence-corrected chi connectivity index (χ0v) is 13.0. The summed E-state index contributed by atoms with van der Waals surface area (Å²) in [6.45, 7) is 0. The number of carboxylic acids is 1. The number of H-pyrrole nitrogens is 1. The molecule has 1 aromatic heterocycles. The van der Waals surface area contributed by atoms with Crippen molar-refractivity contribution < 1.29 is 9.90 Å². The third-order valence-electron chi connectivity index (χ3n) is 3.71. The number of aromatic amines is 1. The molecule has 0 fully saturated rings. The maximum Gasteiger partial charge on any atom is 0.304 e. The molecule has 0 aliphatic rings. The lowest BCUT2D eigenvalue weighted by Crippen LogP contribution is -2.08. The van der Waals surface area contributed by atoms with Gasteiger partial charge >= 0.3 is 5.97 Å². The lowest BCUT2D eigenvalue weighted by molar-refractivity contribution is -0.137. The molecule has 3 nitrogen and oxygen atoms in total. The molecular weight excluding hydrogens is 321 g/mol. The molecule has 3 aromatic rings. The van der Waals surface area contributed by atoms with Crippen molar-refractivity contribution in [2.24, 2.45) is 0 Å². The monoisotopic (exact) mass is 333 g/mol. The summed E-state index contributed by atoms with van der Waals surface area (Å²) in [5.41, 5.74) is 2.60. The highest BCUT2D eigenvalue weighted by molar-refractivity contribution is 6.32. The van der Waals surface area contributed by atoms with Crippen LogP contribution in [-0.4, -0.2) is 16.1 Å². The van der Waals surface area contributed by atoms with E-state index in [2.05, 4.69) is 4.98 Å². The number of fused-ring (bicyclic) bond motifs is 1. The van der Waals surface area contributed by atoms with Crippen molar-refractivity contribution in [3.8, 4) is 0 Å². The van der Waals surface area contributed by atoms with Crippen molar-refractivity contribution in [1.29, 1.82) is 0 Å². The first kappa shape index (κ1) is 14.9. The SMILES string of the molecule is O=C(O)C[C@@H](c1ccccc1Cl)c1c[nH]c2ccc(Cl)cc12. The molecule has 0 unspecified atom stereocenters. The van der Waals surface area contributed by atoms with Crippen LogP contribution in [0.4, 0.5) is 0 Å². The third-order valence-corrected chi connectivity index (χ3v) is 4.29. The predicted octanol–water partition coefficient (Wildman–Crippen LogP) is 5.08. The van der Waals surface area contributed by atoms with Crippen LogP contribution in [0.5, 0.6) is 0 Å². The summed E-state index contributed by atoms with van der Waals surface area (Å²) in [5.74, 6) is -1.21. The second-order valence-corrected chi connectivity index (χ2v) is 5.95. The molecule has 0 amide bonds. The molecule has 2 N–H and O–H groups in total. The fourth-order valence-corrected chi connectivity index (χ4v) is 3.16. The standard InChI is InChI=1S/C17H13Cl2NO2/c18-10-5-6-16-13(7-10)14(9-20-16)12(8-17(21)22)11-3-1-2-4-15(11)19/h1-7,9,12,20H,8H2,(H,21,22)/t12-/m0/s1. The number of halogens is 2. The first-order valence-corrected chi connectivity index (χ1v) is 7.54. The zero-order chi connectivity index (χ0) is 15.7. The molecule has 0 bridgehead atoms. The van der Waals surface area contributed by atoms with Gasteiger partial charge in [-0.15, -0.1) is 0 Å². The number of aliphatic carboxylic acids is 1. The Morgan fingerprint density at radius 3 is 2.64 bits per heavy atom. The van der Waals surface area contributed by atoms with Crippen molar-refractivity contribution in [3.63, 3.8) is 0 Å². The Morgan fingerprint density at radius 1 is 1.14 bits per heavy atom. The molecule has 0 aliphatic heterocycles. The second kappa shape index (κ2) is 6.03. The average molecular weight is 334 g/mol. The van der Waals surface area contributed by atoms with Gasteiger partial charge in [0.2, 0.25) is 0 Å². The van der Waals surface area contributed by atoms with Crippen molar-refractivity contribution in [3.05, 3.63) is 69.8 Å². The van der Waals surface area contributed by atoms with E-state index in [4.69, 9.17) is 23.2 Å². The minimum atomic E-state index is -0.874. The quantitative estimate of drug-likeness (QED) is 0.699. The number of hydrogen-bond acceptors (Lipinski definition) is 1. The zero-order valence-electron chi connectivity index (χ0n) is 11.5. The lowest BCUT2D eigenvalue weighted by Gasteiger charge is -2.16. The summed E-state index contributed by atoms with van der Waals surface area (Å²) < 4.78 is 0. The van der Waals surface area contributed by atoms with E-state index < -0.39 is 5.97 Å². The van der Waals surface area contributed by atoms with E-state index >= 15 is 0 Å². The van der Waals surface area contributed by atoms with Crippen LogP contribution < -0.4 is 0 Å². The van der Waals surface area contributed by atoms with Gasteiger partial charge in [-0.2, -0.15) is 0 Å². The van der Waals surface area contributed by atoms with E-state index in [0.717, 1.165) is 22.0 Å². The predicted molar refractivity (Wildman–Crippen MR) is 88.9 cm³/mol. The number of hydrogen-bond donors (Lipinski definition) is 2. The topological polar surface area (TPSA) is 53.1 Å². The summed E-state index contributed by atoms with van der Waals surface area (Å²) in [6, 6.07) is 12.8. The Hall–Kier alpha value is -1.97. The highest BCUT2D eigenvalue weighted by atomic mass is 35.5. The van der Waals surface area contributed by atoms with Crippen LogP contribution >= 0.6 is 23.2 Å². The summed E-state index contributed by atoms with van der Waals surface area (Å²) in [7, 11) is 0. The van der Waals surface area contributed by atoms with Gasteiger partial charge in [0, 0.05) is 33.1 Å². The van der Waals surface area contributed by atoms with E-state index in [1.165, 1.54) is 0 Å². The van der Waals surface area contributed by atoms with Gasteiger partial charge in [-0.3, -0.25) is 4.79 Å². The minimum absolute atomic E-state index is 0.0385. The highest BCUT2D eigenvalue weighted by Crippen LogP contribution is 2.37. The molecule has 0 spiro atoms. The second-order valence-electron chi connectivity index (χ2n) is 5.11. The van der Waals surface area contributed by atoms with Crippen LogP contribution in [0.1, 0.15) is 23.5 Å². The normalized spacial score (nSPS) is 12.5. The number of carboxylic acid groups (broad SMARTS) is 1. The van der Waals surface area contributed by atoms with E-state index in [0.29, 0.717) is 10.0 Å². The highest BCUT2D eigenvalue weighted by Gasteiger charge is 2.23. The van der Waals surface area contributed by atoms with E-state index in [1.54, 1.807) is 12.1 Å². The van der Waals surface area contributed by atoms with Gasteiger partial charge in [-0.05, 0) is 35.4 Å². The fraction of sp³-hybridized carbons (Fsp3) is 0.118. The maximum atomic E-state index is 11.3. The molecule has 5 heteroatoms. The van der Waals surface area contributed by atoms with Crippen LogP contribution in [0.3, 0.4) is 0 Å². The van der Waals surface area contributed by atoms with Gasteiger partial charge < -0.3 is 10.1 Å². The summed E-state index contributed by atoms with van der Waals surface area (Å²) in [5, 5.41) is 11.4. The number of aromatic nitrogens is 1. The number of nitrogens with one attached hydrogen (secondary N) is 1. The average Bonchev–Trinajstić information content (AvgIpc) is 2.88. The molecule has 1 atom stereocenters. The smallest absolute Gasteiger partial charge is 0.304 e. The van der Waals surface area contributed by atoms with Crippen molar-refractivity contribution in [1.82, 2.24) is 4.98 Å². The van der Waals surface area contributed by atoms with Crippen molar-refractivity contribution in [2.75, 3.05) is 0 Å². The molecule has 2 aromatic carbocycles. The van der Waals surface area contributed by atoms with Crippen molar-refractivity contribution in [2.45, 2.75) is 12.3 Å². The van der Waals surface area contributed by atoms with Gasteiger partial charge in [0.1, 0.15) is 0 Å². The van der Waals surface area contributed by atoms with Crippen LogP contribution in [-0.2, 0) is 4.79 Å². The molecule has 0 saturated heterocycles. The molecule has 112 valence electrons. The first-order chi connectivity index (χ1) is 10.6. The van der Waals surface area contributed by atoms with Gasteiger partial charge in [-0.25, -0.2) is 0 Å². The van der Waals surface area contributed by atoms with Crippen LogP contribution in [0.15, 0.2) is 48.7 Å². The Kier molecular flexibility index (Phi) is 4.10. The Bertz CT molecular complexity index is 842. The van der Waals surface area contributed by atoms with Crippen LogP contribution in [0.25, 0.3) is 10.9 Å². The summed E-state index contributed by atoms with van der Waals surface area (Å²) in [4.78, 5) is 14.5. The molecular formula is C17H13Cl2NO2. The summed E-state index contributed by atoms with van der Waals surface area (Å²) in [6.07, 6.45) is 1.79. The molecule has 0 aliphatic carbocycles. The number of rotatable bonds is 4. The molecule has 22 heavy (non-hydrogen) atoms. The van der Waals surface area contributed by atoms with E-state index in [9.17, 15) is 9.90 Å². The molecule has 0 saturated carbocycles. The molecule has 0 radical (unpaired) electrons. The minimum Gasteiger partial charge on any atom is -0.481 e. The van der Waals surface area contributed by atoms with E-state index in [1.807, 2.05) is 36.5 Å².